The molecule has 2 rings (SSSR count). The standard InChI is InChI=1S/C14H19N3O3/c1-9-7-16-17(14(9)15)8-11-12(19-3)5-10(18-2)6-13(11)20-4/h5-7H,8,15H2,1-4H3. The van der Waals surface area contributed by atoms with Crippen molar-refractivity contribution in [2.45, 2.75) is 13.5 Å². The molecule has 0 amide bonds. The third kappa shape index (κ3) is 2.49. The highest BCUT2D eigenvalue weighted by Gasteiger charge is 2.15. The maximum Gasteiger partial charge on any atom is 0.131 e. The van der Waals surface area contributed by atoms with E-state index in [2.05, 4.69) is 5.10 Å². The van der Waals surface area contributed by atoms with Gasteiger partial charge < -0.3 is 19.9 Å². The molecule has 1 heterocycles. The highest BCUT2D eigenvalue weighted by molar-refractivity contribution is 5.51. The number of aryl methyl sites for hydroxylation is 1. The van der Waals surface area contributed by atoms with Crippen LogP contribution in [0.3, 0.4) is 0 Å². The van der Waals surface area contributed by atoms with Crippen molar-refractivity contribution >= 4 is 5.82 Å². The monoisotopic (exact) mass is 277 g/mol. The van der Waals surface area contributed by atoms with Crippen molar-refractivity contribution in [3.63, 3.8) is 0 Å². The number of hydrogen-bond donors (Lipinski definition) is 1. The number of nitrogens with zero attached hydrogens (tertiary/aromatic N) is 2. The van der Waals surface area contributed by atoms with Crippen LogP contribution in [0.5, 0.6) is 17.2 Å². The van der Waals surface area contributed by atoms with E-state index >= 15 is 0 Å². The summed E-state index contributed by atoms with van der Waals surface area (Å²) in [6.07, 6.45) is 1.73. The Morgan fingerprint density at radius 3 is 2.10 bits per heavy atom. The van der Waals surface area contributed by atoms with Gasteiger partial charge in [0.15, 0.2) is 0 Å². The summed E-state index contributed by atoms with van der Waals surface area (Å²) in [7, 11) is 4.81. The van der Waals surface area contributed by atoms with Crippen LogP contribution in [0.25, 0.3) is 0 Å². The Labute approximate surface area is 118 Å². The second-order valence-corrected chi connectivity index (χ2v) is 4.38. The fraction of sp³-hybridized carbons (Fsp3) is 0.357. The Balaban J connectivity index is 2.46. The van der Waals surface area contributed by atoms with E-state index in [-0.39, 0.29) is 0 Å². The first-order chi connectivity index (χ1) is 9.60. The Bertz CT molecular complexity index is 583. The summed E-state index contributed by atoms with van der Waals surface area (Å²) in [5, 5.41) is 4.25. The van der Waals surface area contributed by atoms with Crippen molar-refractivity contribution in [1.82, 2.24) is 9.78 Å². The molecule has 1 aromatic heterocycles. The number of rotatable bonds is 5. The molecule has 0 aliphatic carbocycles. The zero-order valence-corrected chi connectivity index (χ0v) is 12.1. The molecular formula is C14H19N3O3. The lowest BCUT2D eigenvalue weighted by Gasteiger charge is -2.15. The molecule has 0 atom stereocenters. The molecule has 6 heteroatoms. The van der Waals surface area contributed by atoms with Gasteiger partial charge in [0.1, 0.15) is 23.1 Å². The molecule has 20 heavy (non-hydrogen) atoms. The number of hydrogen-bond acceptors (Lipinski definition) is 5. The van der Waals surface area contributed by atoms with Gasteiger partial charge in [0.25, 0.3) is 0 Å². The summed E-state index contributed by atoms with van der Waals surface area (Å²) < 4.78 is 17.8. The minimum Gasteiger partial charge on any atom is -0.496 e. The van der Waals surface area contributed by atoms with Crippen molar-refractivity contribution in [3.05, 3.63) is 29.5 Å². The number of nitrogen functional groups attached to an aromatic ring is 1. The fourth-order valence-corrected chi connectivity index (χ4v) is 2.00. The molecular weight excluding hydrogens is 258 g/mol. The van der Waals surface area contributed by atoms with Gasteiger partial charge in [-0.3, -0.25) is 0 Å². The van der Waals surface area contributed by atoms with Gasteiger partial charge in [-0.1, -0.05) is 0 Å². The number of aromatic nitrogens is 2. The Morgan fingerprint density at radius 2 is 1.70 bits per heavy atom. The number of nitrogens with two attached hydrogens (primary N) is 1. The zero-order chi connectivity index (χ0) is 14.7. The first-order valence-electron chi connectivity index (χ1n) is 6.17. The highest BCUT2D eigenvalue weighted by Crippen LogP contribution is 2.34. The molecule has 0 saturated carbocycles. The number of ether oxygens (including phenoxy) is 3. The van der Waals surface area contributed by atoms with E-state index in [0.29, 0.717) is 29.6 Å². The van der Waals surface area contributed by atoms with E-state index in [1.807, 2.05) is 19.1 Å². The third-order valence-electron chi connectivity index (χ3n) is 3.20. The number of methoxy groups -OCH3 is 3. The second kappa shape index (κ2) is 5.73. The molecule has 0 aliphatic rings. The van der Waals surface area contributed by atoms with Gasteiger partial charge in [-0.25, -0.2) is 4.68 Å². The first-order valence-corrected chi connectivity index (χ1v) is 6.17. The van der Waals surface area contributed by atoms with Gasteiger partial charge in [0, 0.05) is 17.7 Å². The molecule has 0 unspecified atom stereocenters. The molecule has 108 valence electrons. The molecule has 0 saturated heterocycles. The summed E-state index contributed by atoms with van der Waals surface area (Å²) in [6, 6.07) is 3.62. The van der Waals surface area contributed by atoms with Crippen LogP contribution in [0.15, 0.2) is 18.3 Å². The lowest BCUT2D eigenvalue weighted by Crippen LogP contribution is -2.09. The van der Waals surface area contributed by atoms with Crippen LogP contribution in [0.4, 0.5) is 5.82 Å². The van der Waals surface area contributed by atoms with E-state index in [1.165, 1.54) is 0 Å². The highest BCUT2D eigenvalue weighted by atomic mass is 16.5. The van der Waals surface area contributed by atoms with Gasteiger partial charge in [-0.05, 0) is 6.92 Å². The van der Waals surface area contributed by atoms with Crippen LogP contribution in [-0.2, 0) is 6.54 Å². The van der Waals surface area contributed by atoms with Crippen molar-refractivity contribution in [1.29, 1.82) is 0 Å². The van der Waals surface area contributed by atoms with Crippen LogP contribution >= 0.6 is 0 Å². The Hall–Kier alpha value is -2.37. The predicted octanol–water partition coefficient (Wildman–Crippen LogP) is 1.85. The van der Waals surface area contributed by atoms with Crippen molar-refractivity contribution in [2.24, 2.45) is 0 Å². The third-order valence-corrected chi connectivity index (χ3v) is 3.20. The normalized spacial score (nSPS) is 10.4. The largest absolute Gasteiger partial charge is 0.496 e. The van der Waals surface area contributed by atoms with Gasteiger partial charge in [-0.2, -0.15) is 5.10 Å². The molecule has 0 aliphatic heterocycles. The minimum atomic E-state index is 0.468. The maximum absolute atomic E-state index is 5.98. The molecule has 1 aromatic carbocycles. The number of anilines is 1. The molecule has 2 aromatic rings. The summed E-state index contributed by atoms with van der Waals surface area (Å²) in [5.74, 6) is 2.65. The van der Waals surface area contributed by atoms with Crippen LogP contribution in [0.2, 0.25) is 0 Å². The van der Waals surface area contributed by atoms with Crippen LogP contribution in [0.1, 0.15) is 11.1 Å². The van der Waals surface area contributed by atoms with Gasteiger partial charge >= 0.3 is 0 Å². The van der Waals surface area contributed by atoms with Crippen molar-refractivity contribution in [2.75, 3.05) is 27.1 Å². The Morgan fingerprint density at radius 1 is 1.10 bits per heavy atom. The van der Waals surface area contributed by atoms with E-state index in [9.17, 15) is 0 Å². The topological polar surface area (TPSA) is 71.5 Å². The molecule has 0 spiro atoms. The van der Waals surface area contributed by atoms with E-state index in [0.717, 1.165) is 11.1 Å². The molecule has 0 fully saturated rings. The quantitative estimate of drug-likeness (QED) is 0.903. The average molecular weight is 277 g/mol. The van der Waals surface area contributed by atoms with Crippen molar-refractivity contribution in [3.8, 4) is 17.2 Å². The summed E-state index contributed by atoms with van der Waals surface area (Å²) in [4.78, 5) is 0. The minimum absolute atomic E-state index is 0.468. The summed E-state index contributed by atoms with van der Waals surface area (Å²) >= 11 is 0. The smallest absolute Gasteiger partial charge is 0.131 e. The van der Waals surface area contributed by atoms with E-state index in [4.69, 9.17) is 19.9 Å². The van der Waals surface area contributed by atoms with Crippen LogP contribution in [-0.4, -0.2) is 31.1 Å². The molecule has 0 radical (unpaired) electrons. The first kappa shape index (κ1) is 14.0. The average Bonchev–Trinajstić information content (AvgIpc) is 2.79. The molecule has 6 nitrogen and oxygen atoms in total. The lowest BCUT2D eigenvalue weighted by molar-refractivity contribution is 0.366. The van der Waals surface area contributed by atoms with Gasteiger partial charge in [0.05, 0.1) is 39.6 Å². The molecule has 2 N–H and O–H groups in total. The fourth-order valence-electron chi connectivity index (χ4n) is 2.00. The molecule has 0 bridgehead atoms. The SMILES string of the molecule is COc1cc(OC)c(Cn2ncc(C)c2N)c(OC)c1. The maximum atomic E-state index is 5.98. The number of benzene rings is 1. The van der Waals surface area contributed by atoms with E-state index in [1.54, 1.807) is 32.2 Å². The van der Waals surface area contributed by atoms with Crippen molar-refractivity contribution < 1.29 is 14.2 Å². The second-order valence-electron chi connectivity index (χ2n) is 4.38. The lowest BCUT2D eigenvalue weighted by atomic mass is 10.1. The Kier molecular flexibility index (Phi) is 4.02. The van der Waals surface area contributed by atoms with Crippen LogP contribution < -0.4 is 19.9 Å². The summed E-state index contributed by atoms with van der Waals surface area (Å²) in [6.45, 7) is 2.39. The van der Waals surface area contributed by atoms with E-state index < -0.39 is 0 Å². The summed E-state index contributed by atoms with van der Waals surface area (Å²) in [5.41, 5.74) is 7.79. The van der Waals surface area contributed by atoms with Gasteiger partial charge in [0.2, 0.25) is 0 Å². The predicted molar refractivity (Wildman–Crippen MR) is 76.6 cm³/mol. The zero-order valence-electron chi connectivity index (χ0n) is 12.1. The van der Waals surface area contributed by atoms with Gasteiger partial charge in [-0.15, -0.1) is 0 Å². The van der Waals surface area contributed by atoms with Crippen LogP contribution in [0, 0.1) is 6.92 Å².